The van der Waals surface area contributed by atoms with Gasteiger partial charge >= 0.3 is 5.97 Å². The Morgan fingerprint density at radius 2 is 2.00 bits per heavy atom. The van der Waals surface area contributed by atoms with Gasteiger partial charge in [0.1, 0.15) is 5.75 Å². The fourth-order valence-electron chi connectivity index (χ4n) is 1.56. The van der Waals surface area contributed by atoms with Crippen LogP contribution in [0.4, 0.5) is 0 Å². The summed E-state index contributed by atoms with van der Waals surface area (Å²) in [5.74, 6) is 0.721. The first-order chi connectivity index (χ1) is 9.26. The molecule has 0 aliphatic heterocycles. The molecule has 0 radical (unpaired) electrons. The third-order valence-electron chi connectivity index (χ3n) is 2.75. The van der Waals surface area contributed by atoms with Gasteiger partial charge in [-0.25, -0.2) is 0 Å². The Balaban J connectivity index is 2.22. The molecule has 0 aliphatic carbocycles. The lowest BCUT2D eigenvalue weighted by Gasteiger charge is -2.07. The topological polar surface area (TPSA) is 47.6 Å². The lowest BCUT2D eigenvalue weighted by Crippen LogP contribution is -2.18. The maximum absolute atomic E-state index is 10.9. The van der Waals surface area contributed by atoms with Crippen LogP contribution in [0.25, 0.3) is 0 Å². The molecule has 0 aliphatic rings. The molecule has 1 N–H and O–H groups in total. The van der Waals surface area contributed by atoms with Crippen LogP contribution in [0.5, 0.6) is 5.75 Å². The minimum atomic E-state index is -0.188. The summed E-state index contributed by atoms with van der Waals surface area (Å²) in [5.41, 5.74) is 1.17. The third-order valence-corrected chi connectivity index (χ3v) is 2.75. The van der Waals surface area contributed by atoms with Gasteiger partial charge in [0.05, 0.1) is 20.1 Å². The number of nitrogens with one attached hydrogen (secondary N) is 1. The number of methoxy groups -OCH3 is 1. The van der Waals surface area contributed by atoms with Crippen LogP contribution < -0.4 is 10.1 Å². The summed E-state index contributed by atoms with van der Waals surface area (Å²) >= 11 is 0. The summed E-state index contributed by atoms with van der Waals surface area (Å²) in [6.07, 6.45) is 2.62. The number of esters is 1. The first-order valence-corrected chi connectivity index (χ1v) is 6.75. The van der Waals surface area contributed by atoms with Crippen molar-refractivity contribution in [2.45, 2.75) is 32.7 Å². The zero-order valence-electron chi connectivity index (χ0n) is 11.8. The molecule has 106 valence electrons. The van der Waals surface area contributed by atoms with E-state index in [9.17, 15) is 4.79 Å². The Morgan fingerprint density at radius 1 is 1.26 bits per heavy atom. The molecule has 1 aromatic rings. The van der Waals surface area contributed by atoms with Gasteiger partial charge in [0.2, 0.25) is 0 Å². The minimum Gasteiger partial charge on any atom is -0.494 e. The summed E-state index contributed by atoms with van der Waals surface area (Å²) in [4.78, 5) is 10.9. The number of hydrogen-bond donors (Lipinski definition) is 1. The van der Waals surface area contributed by atoms with Crippen LogP contribution in [0.1, 0.15) is 31.7 Å². The van der Waals surface area contributed by atoms with Gasteiger partial charge in [-0.3, -0.25) is 4.79 Å². The molecule has 19 heavy (non-hydrogen) atoms. The van der Waals surface area contributed by atoms with E-state index in [1.54, 1.807) is 0 Å². The van der Waals surface area contributed by atoms with Crippen molar-refractivity contribution in [3.63, 3.8) is 0 Å². The Morgan fingerprint density at radius 3 is 2.63 bits per heavy atom. The van der Waals surface area contributed by atoms with Crippen LogP contribution in [0, 0.1) is 0 Å². The highest BCUT2D eigenvalue weighted by molar-refractivity contribution is 5.69. The Hall–Kier alpha value is -1.55. The van der Waals surface area contributed by atoms with Crippen LogP contribution in [0.2, 0.25) is 0 Å². The van der Waals surface area contributed by atoms with Crippen LogP contribution in [0.3, 0.4) is 0 Å². The average Bonchev–Trinajstić information content (AvgIpc) is 2.45. The van der Waals surface area contributed by atoms with Gasteiger partial charge in [-0.2, -0.15) is 0 Å². The second kappa shape index (κ2) is 9.39. The van der Waals surface area contributed by atoms with Gasteiger partial charge in [-0.05, 0) is 24.1 Å². The van der Waals surface area contributed by atoms with E-state index in [0.717, 1.165) is 31.7 Å². The molecule has 0 spiro atoms. The predicted octanol–water partition coefficient (Wildman–Crippen LogP) is 2.52. The molecule has 0 atom stereocenters. The molecular weight excluding hydrogens is 242 g/mol. The molecular formula is C15H23NO3. The zero-order valence-corrected chi connectivity index (χ0v) is 11.8. The number of hydrogen-bond acceptors (Lipinski definition) is 4. The lowest BCUT2D eigenvalue weighted by molar-refractivity contribution is -0.140. The van der Waals surface area contributed by atoms with Crippen molar-refractivity contribution in [3.8, 4) is 5.75 Å². The van der Waals surface area contributed by atoms with E-state index in [1.807, 2.05) is 24.3 Å². The molecule has 1 rings (SSSR count). The van der Waals surface area contributed by atoms with Crippen LogP contribution in [-0.2, 0) is 16.1 Å². The highest BCUT2D eigenvalue weighted by Gasteiger charge is 1.99. The number of unbranched alkanes of at least 4 members (excludes halogenated alkanes) is 1. The molecule has 4 heteroatoms. The fraction of sp³-hybridized carbons (Fsp3) is 0.533. The molecule has 0 fully saturated rings. The maximum Gasteiger partial charge on any atom is 0.306 e. The summed E-state index contributed by atoms with van der Waals surface area (Å²) in [6, 6.07) is 8.03. The monoisotopic (exact) mass is 265 g/mol. The molecule has 0 saturated heterocycles. The second-order valence-electron chi connectivity index (χ2n) is 4.35. The standard InChI is InChI=1S/C15H23NO3/c1-3-4-11-19-14-7-5-13(6-8-14)12-16-10-9-15(17)18-2/h5-8,16H,3-4,9-12H2,1-2H3. The van der Waals surface area contributed by atoms with Crippen molar-refractivity contribution in [3.05, 3.63) is 29.8 Å². The van der Waals surface area contributed by atoms with E-state index in [0.29, 0.717) is 13.0 Å². The number of carbonyl (C=O) groups excluding carboxylic acids is 1. The second-order valence-corrected chi connectivity index (χ2v) is 4.35. The Kier molecular flexibility index (Phi) is 7.66. The fourth-order valence-corrected chi connectivity index (χ4v) is 1.56. The summed E-state index contributed by atoms with van der Waals surface area (Å²) < 4.78 is 10.2. The van der Waals surface area contributed by atoms with Crippen LogP contribution in [0.15, 0.2) is 24.3 Å². The number of ether oxygens (including phenoxy) is 2. The molecule has 0 saturated carbocycles. The SMILES string of the molecule is CCCCOc1ccc(CNCCC(=O)OC)cc1. The molecule has 0 bridgehead atoms. The zero-order chi connectivity index (χ0) is 13.9. The molecule has 4 nitrogen and oxygen atoms in total. The van der Waals surface area contributed by atoms with E-state index in [1.165, 1.54) is 12.7 Å². The first-order valence-electron chi connectivity index (χ1n) is 6.75. The molecule has 0 aromatic heterocycles. The molecule has 1 aromatic carbocycles. The van der Waals surface area contributed by atoms with Crippen molar-refractivity contribution >= 4 is 5.97 Å². The maximum atomic E-state index is 10.9. The van der Waals surface area contributed by atoms with Crippen molar-refractivity contribution in [2.24, 2.45) is 0 Å². The third kappa shape index (κ3) is 6.82. The van der Waals surface area contributed by atoms with Crippen molar-refractivity contribution < 1.29 is 14.3 Å². The number of benzene rings is 1. The van der Waals surface area contributed by atoms with E-state index >= 15 is 0 Å². The van der Waals surface area contributed by atoms with Gasteiger partial charge in [0.15, 0.2) is 0 Å². The first kappa shape index (κ1) is 15.5. The largest absolute Gasteiger partial charge is 0.494 e. The molecule has 0 amide bonds. The summed E-state index contributed by atoms with van der Waals surface area (Å²) in [7, 11) is 1.40. The van der Waals surface area contributed by atoms with E-state index in [2.05, 4.69) is 17.0 Å². The summed E-state index contributed by atoms with van der Waals surface area (Å²) in [6.45, 7) is 4.29. The van der Waals surface area contributed by atoms with Gasteiger partial charge in [-0.1, -0.05) is 25.5 Å². The van der Waals surface area contributed by atoms with Gasteiger partial charge < -0.3 is 14.8 Å². The lowest BCUT2D eigenvalue weighted by atomic mass is 10.2. The van der Waals surface area contributed by atoms with E-state index in [4.69, 9.17) is 4.74 Å². The minimum absolute atomic E-state index is 0.188. The Bertz CT molecular complexity index is 362. The molecule has 0 unspecified atom stereocenters. The highest BCUT2D eigenvalue weighted by Crippen LogP contribution is 2.12. The van der Waals surface area contributed by atoms with E-state index in [-0.39, 0.29) is 5.97 Å². The van der Waals surface area contributed by atoms with Gasteiger partial charge in [0, 0.05) is 13.1 Å². The van der Waals surface area contributed by atoms with Crippen LogP contribution >= 0.6 is 0 Å². The van der Waals surface area contributed by atoms with Crippen molar-refractivity contribution in [2.75, 3.05) is 20.3 Å². The molecule has 0 heterocycles. The number of rotatable bonds is 9. The van der Waals surface area contributed by atoms with Crippen molar-refractivity contribution in [1.82, 2.24) is 5.32 Å². The summed E-state index contributed by atoms with van der Waals surface area (Å²) in [5, 5.41) is 3.20. The van der Waals surface area contributed by atoms with Crippen LogP contribution in [-0.4, -0.2) is 26.2 Å². The van der Waals surface area contributed by atoms with Gasteiger partial charge in [0.25, 0.3) is 0 Å². The average molecular weight is 265 g/mol. The quantitative estimate of drug-likeness (QED) is 0.550. The van der Waals surface area contributed by atoms with Crippen molar-refractivity contribution in [1.29, 1.82) is 0 Å². The number of carbonyl (C=O) groups is 1. The smallest absolute Gasteiger partial charge is 0.306 e. The predicted molar refractivity (Wildman–Crippen MR) is 75.2 cm³/mol. The van der Waals surface area contributed by atoms with Gasteiger partial charge in [-0.15, -0.1) is 0 Å². The van der Waals surface area contributed by atoms with E-state index < -0.39 is 0 Å². The Labute approximate surface area is 115 Å². The highest BCUT2D eigenvalue weighted by atomic mass is 16.5. The normalized spacial score (nSPS) is 10.2.